The molecule has 110 valence electrons. The molecule has 0 radical (unpaired) electrons. The van der Waals surface area contributed by atoms with Crippen LogP contribution in [0, 0.1) is 6.92 Å². The van der Waals surface area contributed by atoms with Gasteiger partial charge in [-0.2, -0.15) is 0 Å². The lowest BCUT2D eigenvalue weighted by Crippen LogP contribution is -2.17. The van der Waals surface area contributed by atoms with Crippen molar-refractivity contribution in [1.29, 1.82) is 0 Å². The molecule has 1 heterocycles. The molecule has 0 fully saturated rings. The summed E-state index contributed by atoms with van der Waals surface area (Å²) in [7, 11) is 1.53. The number of thiophene rings is 1. The van der Waals surface area contributed by atoms with E-state index >= 15 is 0 Å². The molecular formula is C14H13BrN2O2S2. The van der Waals surface area contributed by atoms with Crippen molar-refractivity contribution in [3.8, 4) is 5.75 Å². The van der Waals surface area contributed by atoms with Crippen LogP contribution in [0.25, 0.3) is 0 Å². The zero-order chi connectivity index (χ0) is 15.6. The highest BCUT2D eigenvalue weighted by Gasteiger charge is 2.17. The SMILES string of the molecule is COc1cccc(C(N)=S)c1NC(=O)c1cc(C)c(Br)s1. The third-order valence-electron chi connectivity index (χ3n) is 2.83. The second-order valence-corrected chi connectivity index (χ2v) is 7.08. The van der Waals surface area contributed by atoms with E-state index in [9.17, 15) is 4.79 Å². The van der Waals surface area contributed by atoms with Gasteiger partial charge >= 0.3 is 0 Å². The summed E-state index contributed by atoms with van der Waals surface area (Å²) in [5.41, 5.74) is 7.77. The first kappa shape index (κ1) is 15.9. The summed E-state index contributed by atoms with van der Waals surface area (Å²) >= 11 is 9.80. The molecule has 0 aliphatic carbocycles. The van der Waals surface area contributed by atoms with Gasteiger partial charge in [0.1, 0.15) is 10.7 Å². The van der Waals surface area contributed by atoms with Crippen LogP contribution >= 0.6 is 39.5 Å². The molecule has 0 aliphatic heterocycles. The number of hydrogen-bond donors (Lipinski definition) is 2. The van der Waals surface area contributed by atoms with E-state index in [1.165, 1.54) is 18.4 Å². The van der Waals surface area contributed by atoms with Crippen LogP contribution in [0.4, 0.5) is 5.69 Å². The summed E-state index contributed by atoms with van der Waals surface area (Å²) in [4.78, 5) is 13.2. The molecule has 1 aromatic carbocycles. The molecule has 1 amide bonds. The normalized spacial score (nSPS) is 10.2. The van der Waals surface area contributed by atoms with Crippen molar-refractivity contribution in [1.82, 2.24) is 0 Å². The van der Waals surface area contributed by atoms with Gasteiger partial charge in [0.05, 0.1) is 21.5 Å². The summed E-state index contributed by atoms with van der Waals surface area (Å²) in [5.74, 6) is 0.289. The van der Waals surface area contributed by atoms with Crippen LogP contribution in [0.15, 0.2) is 28.1 Å². The Labute approximate surface area is 140 Å². The predicted octanol–water partition coefficient (Wildman–Crippen LogP) is 3.71. The molecule has 2 rings (SSSR count). The summed E-state index contributed by atoms with van der Waals surface area (Å²) in [6.07, 6.45) is 0. The molecule has 0 aliphatic rings. The van der Waals surface area contributed by atoms with E-state index in [4.69, 9.17) is 22.7 Å². The number of para-hydroxylation sites is 1. The van der Waals surface area contributed by atoms with E-state index in [1.807, 2.05) is 13.0 Å². The quantitative estimate of drug-likeness (QED) is 0.788. The molecular weight excluding hydrogens is 372 g/mol. The van der Waals surface area contributed by atoms with Crippen LogP contribution in [0.1, 0.15) is 20.8 Å². The second-order valence-electron chi connectivity index (χ2n) is 4.27. The molecule has 0 unspecified atom stereocenters. The van der Waals surface area contributed by atoms with Gasteiger partial charge in [-0.05, 0) is 46.6 Å². The zero-order valence-electron chi connectivity index (χ0n) is 11.4. The number of ether oxygens (including phenoxy) is 1. The third-order valence-corrected chi connectivity index (χ3v) is 5.19. The highest BCUT2D eigenvalue weighted by atomic mass is 79.9. The van der Waals surface area contributed by atoms with E-state index < -0.39 is 0 Å². The molecule has 0 spiro atoms. The molecule has 0 atom stereocenters. The van der Waals surface area contributed by atoms with Gasteiger partial charge in [0.15, 0.2) is 0 Å². The number of anilines is 1. The molecule has 7 heteroatoms. The number of nitrogens with two attached hydrogens (primary N) is 1. The third kappa shape index (κ3) is 3.42. The van der Waals surface area contributed by atoms with E-state index in [2.05, 4.69) is 21.2 Å². The molecule has 0 bridgehead atoms. The second kappa shape index (κ2) is 6.55. The predicted molar refractivity (Wildman–Crippen MR) is 93.6 cm³/mol. The average Bonchev–Trinajstić information content (AvgIpc) is 2.78. The van der Waals surface area contributed by atoms with E-state index in [-0.39, 0.29) is 10.9 Å². The Bertz CT molecular complexity index is 693. The van der Waals surface area contributed by atoms with Crippen LogP contribution in [-0.2, 0) is 0 Å². The van der Waals surface area contributed by atoms with Crippen molar-refractivity contribution in [3.05, 3.63) is 44.1 Å². The van der Waals surface area contributed by atoms with Gasteiger partial charge in [0.2, 0.25) is 0 Å². The number of nitrogens with one attached hydrogen (secondary N) is 1. The summed E-state index contributed by atoms with van der Waals surface area (Å²) in [6.45, 7) is 1.93. The van der Waals surface area contributed by atoms with Crippen molar-refractivity contribution < 1.29 is 9.53 Å². The van der Waals surface area contributed by atoms with Crippen molar-refractivity contribution in [3.63, 3.8) is 0 Å². The first-order valence-corrected chi connectivity index (χ1v) is 8.00. The number of thiocarbonyl (C=S) groups is 1. The first-order valence-electron chi connectivity index (χ1n) is 5.98. The van der Waals surface area contributed by atoms with E-state index in [0.717, 1.165) is 9.35 Å². The van der Waals surface area contributed by atoms with E-state index in [0.29, 0.717) is 21.9 Å². The van der Waals surface area contributed by atoms with Crippen LogP contribution in [0.2, 0.25) is 0 Å². The molecule has 0 saturated carbocycles. The fourth-order valence-corrected chi connectivity index (χ4v) is 3.38. The number of amides is 1. The van der Waals surface area contributed by atoms with Gasteiger partial charge < -0.3 is 15.8 Å². The number of methoxy groups -OCH3 is 1. The number of hydrogen-bond acceptors (Lipinski definition) is 4. The number of aryl methyl sites for hydroxylation is 1. The molecule has 21 heavy (non-hydrogen) atoms. The zero-order valence-corrected chi connectivity index (χ0v) is 14.6. The van der Waals surface area contributed by atoms with Crippen molar-refractivity contribution in [2.75, 3.05) is 12.4 Å². The van der Waals surface area contributed by atoms with Gasteiger partial charge in [-0.1, -0.05) is 18.3 Å². The largest absolute Gasteiger partial charge is 0.495 e. The standard InChI is InChI=1S/C14H13BrN2O2S2/c1-7-6-10(21-12(7)15)14(18)17-11-8(13(16)20)4-3-5-9(11)19-2/h3-6H,1-2H3,(H2,16,20)(H,17,18). The van der Waals surface area contributed by atoms with E-state index in [1.54, 1.807) is 18.2 Å². The molecule has 4 nitrogen and oxygen atoms in total. The van der Waals surface area contributed by atoms with Crippen LogP contribution in [-0.4, -0.2) is 18.0 Å². The maximum Gasteiger partial charge on any atom is 0.265 e. The Kier molecular flexibility index (Phi) is 4.97. The molecule has 2 aromatic rings. The molecule has 1 aromatic heterocycles. The van der Waals surface area contributed by atoms with Crippen LogP contribution in [0.5, 0.6) is 5.75 Å². The number of benzene rings is 1. The highest BCUT2D eigenvalue weighted by molar-refractivity contribution is 9.11. The smallest absolute Gasteiger partial charge is 0.265 e. The monoisotopic (exact) mass is 384 g/mol. The molecule has 0 saturated heterocycles. The summed E-state index contributed by atoms with van der Waals surface area (Å²) in [6, 6.07) is 7.08. The van der Waals surface area contributed by atoms with Crippen LogP contribution in [0.3, 0.4) is 0 Å². The lowest BCUT2D eigenvalue weighted by Gasteiger charge is -2.13. The fourth-order valence-electron chi connectivity index (χ4n) is 1.78. The minimum atomic E-state index is -0.226. The van der Waals surface area contributed by atoms with Gasteiger partial charge in [-0.25, -0.2) is 0 Å². The Morgan fingerprint density at radius 3 is 2.71 bits per heavy atom. The molecule has 3 N–H and O–H groups in total. The maximum atomic E-state index is 12.4. The number of carbonyl (C=O) groups is 1. The summed E-state index contributed by atoms with van der Waals surface area (Å²) < 4.78 is 6.20. The van der Waals surface area contributed by atoms with Crippen molar-refractivity contribution >= 4 is 56.1 Å². The average molecular weight is 385 g/mol. The van der Waals surface area contributed by atoms with Crippen LogP contribution < -0.4 is 15.8 Å². The van der Waals surface area contributed by atoms with Gasteiger partial charge in [0, 0.05) is 5.56 Å². The Morgan fingerprint density at radius 2 is 2.19 bits per heavy atom. The van der Waals surface area contributed by atoms with Gasteiger partial charge in [-0.15, -0.1) is 11.3 Å². The first-order chi connectivity index (χ1) is 9.93. The maximum absolute atomic E-state index is 12.4. The van der Waals surface area contributed by atoms with Crippen molar-refractivity contribution in [2.45, 2.75) is 6.92 Å². The fraction of sp³-hybridized carbons (Fsp3) is 0.143. The minimum absolute atomic E-state index is 0.202. The number of halogens is 1. The van der Waals surface area contributed by atoms with Gasteiger partial charge in [-0.3, -0.25) is 4.79 Å². The topological polar surface area (TPSA) is 64.3 Å². The minimum Gasteiger partial charge on any atom is -0.495 e. The Balaban J connectivity index is 2.38. The highest BCUT2D eigenvalue weighted by Crippen LogP contribution is 2.31. The summed E-state index contributed by atoms with van der Waals surface area (Å²) in [5, 5.41) is 2.83. The number of carbonyl (C=O) groups excluding carboxylic acids is 1. The van der Waals surface area contributed by atoms with Gasteiger partial charge in [0.25, 0.3) is 5.91 Å². The lowest BCUT2D eigenvalue weighted by atomic mass is 10.1. The Hall–Kier alpha value is -1.44. The lowest BCUT2D eigenvalue weighted by molar-refractivity contribution is 0.103. The Morgan fingerprint density at radius 1 is 1.48 bits per heavy atom. The van der Waals surface area contributed by atoms with Crippen molar-refractivity contribution in [2.24, 2.45) is 5.73 Å². The number of rotatable bonds is 4.